The third kappa shape index (κ3) is 2.81. The molecule has 0 aliphatic rings. The Kier molecular flexibility index (Phi) is 3.94. The molecular formula is C16H16N2S2. The molecule has 0 bridgehead atoms. The van der Waals surface area contributed by atoms with Gasteiger partial charge in [0.25, 0.3) is 0 Å². The molecule has 0 saturated heterocycles. The molecule has 0 spiro atoms. The second-order valence-corrected chi connectivity index (χ2v) is 6.49. The van der Waals surface area contributed by atoms with Crippen LogP contribution in [0.5, 0.6) is 0 Å². The van der Waals surface area contributed by atoms with Crippen molar-refractivity contribution in [3.63, 3.8) is 0 Å². The fourth-order valence-corrected chi connectivity index (χ4v) is 3.32. The number of benzene rings is 1. The summed E-state index contributed by atoms with van der Waals surface area (Å²) in [5, 5.41) is 5.61. The van der Waals surface area contributed by atoms with Crippen LogP contribution >= 0.6 is 23.1 Å². The van der Waals surface area contributed by atoms with Gasteiger partial charge in [-0.3, -0.25) is 4.98 Å². The molecule has 2 nitrogen and oxygen atoms in total. The van der Waals surface area contributed by atoms with Gasteiger partial charge in [-0.2, -0.15) is 0 Å². The smallest absolute Gasteiger partial charge is 0.0809 e. The summed E-state index contributed by atoms with van der Waals surface area (Å²) < 4.78 is 1.24. The normalized spacial score (nSPS) is 12.5. The fourth-order valence-electron chi connectivity index (χ4n) is 2.12. The van der Waals surface area contributed by atoms with E-state index < -0.39 is 0 Å². The highest BCUT2D eigenvalue weighted by atomic mass is 32.2. The summed E-state index contributed by atoms with van der Waals surface area (Å²) in [5.41, 5.74) is 3.44. The Bertz CT molecular complexity index is 704. The number of anilines is 1. The summed E-state index contributed by atoms with van der Waals surface area (Å²) in [7, 11) is 0. The Hall–Kier alpha value is -1.52. The lowest BCUT2D eigenvalue weighted by atomic mass is 10.1. The number of thioether (sulfide) groups is 1. The van der Waals surface area contributed by atoms with Gasteiger partial charge in [-0.05, 0) is 60.5 Å². The van der Waals surface area contributed by atoms with Crippen LogP contribution in [0.15, 0.2) is 52.9 Å². The highest BCUT2D eigenvalue weighted by Gasteiger charge is 2.07. The molecule has 2 heterocycles. The molecule has 3 aromatic rings. The summed E-state index contributed by atoms with van der Waals surface area (Å²) in [6.07, 6.45) is 4.05. The fraction of sp³-hybridized carbons (Fsp3) is 0.188. The van der Waals surface area contributed by atoms with Crippen molar-refractivity contribution < 1.29 is 0 Å². The van der Waals surface area contributed by atoms with E-state index >= 15 is 0 Å². The number of aromatic nitrogens is 1. The summed E-state index contributed by atoms with van der Waals surface area (Å²) in [6, 6.07) is 13.1. The first-order chi connectivity index (χ1) is 9.76. The van der Waals surface area contributed by atoms with Gasteiger partial charge in [0, 0.05) is 16.8 Å². The summed E-state index contributed by atoms with van der Waals surface area (Å²) in [4.78, 5) is 5.78. The zero-order valence-electron chi connectivity index (χ0n) is 11.5. The molecule has 102 valence electrons. The van der Waals surface area contributed by atoms with E-state index in [2.05, 4.69) is 65.3 Å². The molecule has 1 aromatic carbocycles. The third-order valence-corrected chi connectivity index (χ3v) is 4.89. The van der Waals surface area contributed by atoms with E-state index in [1.54, 1.807) is 23.1 Å². The maximum atomic E-state index is 4.50. The van der Waals surface area contributed by atoms with Crippen LogP contribution < -0.4 is 5.32 Å². The van der Waals surface area contributed by atoms with Gasteiger partial charge in [0.2, 0.25) is 0 Å². The van der Waals surface area contributed by atoms with Crippen molar-refractivity contribution in [3.05, 3.63) is 53.5 Å². The lowest BCUT2D eigenvalue weighted by Gasteiger charge is -2.15. The second-order valence-electron chi connectivity index (χ2n) is 4.67. The average molecular weight is 300 g/mol. The number of rotatable bonds is 4. The maximum absolute atomic E-state index is 4.50. The Morgan fingerprint density at radius 2 is 2.00 bits per heavy atom. The first-order valence-corrected chi connectivity index (χ1v) is 8.60. The minimum Gasteiger partial charge on any atom is -0.378 e. The standard InChI is InChI=1S/C16H16N2S2/c1-11(18-13-3-5-14(19-2)6-4-13)12-9-16-15(17-10-12)7-8-20-16/h3-11,18H,1-2H3. The number of thiophene rings is 1. The minimum atomic E-state index is 0.245. The maximum Gasteiger partial charge on any atom is 0.0809 e. The first-order valence-electron chi connectivity index (χ1n) is 6.50. The van der Waals surface area contributed by atoms with Crippen molar-refractivity contribution in [2.75, 3.05) is 11.6 Å². The molecule has 0 aliphatic heterocycles. The Labute approximate surface area is 127 Å². The van der Waals surface area contributed by atoms with Crippen molar-refractivity contribution in [2.45, 2.75) is 17.9 Å². The summed E-state index contributed by atoms with van der Waals surface area (Å²) in [5.74, 6) is 0. The van der Waals surface area contributed by atoms with E-state index in [4.69, 9.17) is 0 Å². The zero-order chi connectivity index (χ0) is 13.9. The van der Waals surface area contributed by atoms with Crippen LogP contribution in [0.25, 0.3) is 10.2 Å². The highest BCUT2D eigenvalue weighted by molar-refractivity contribution is 7.98. The largest absolute Gasteiger partial charge is 0.378 e. The molecule has 1 N–H and O–H groups in total. The van der Waals surface area contributed by atoms with Gasteiger partial charge in [-0.1, -0.05) is 0 Å². The van der Waals surface area contributed by atoms with Gasteiger partial charge in [-0.15, -0.1) is 23.1 Å². The highest BCUT2D eigenvalue weighted by Crippen LogP contribution is 2.25. The van der Waals surface area contributed by atoms with Crippen LogP contribution in [-0.4, -0.2) is 11.2 Å². The molecule has 0 amide bonds. The van der Waals surface area contributed by atoms with Crippen LogP contribution in [0, 0.1) is 0 Å². The van der Waals surface area contributed by atoms with E-state index in [-0.39, 0.29) is 6.04 Å². The molecule has 20 heavy (non-hydrogen) atoms. The lowest BCUT2D eigenvalue weighted by molar-refractivity contribution is 0.880. The van der Waals surface area contributed by atoms with Gasteiger partial charge < -0.3 is 5.32 Å². The van der Waals surface area contributed by atoms with Gasteiger partial charge >= 0.3 is 0 Å². The quantitative estimate of drug-likeness (QED) is 0.671. The minimum absolute atomic E-state index is 0.245. The molecule has 0 fully saturated rings. The Morgan fingerprint density at radius 1 is 1.20 bits per heavy atom. The number of hydrogen-bond donors (Lipinski definition) is 1. The van der Waals surface area contributed by atoms with Crippen LogP contribution in [0.2, 0.25) is 0 Å². The van der Waals surface area contributed by atoms with Gasteiger partial charge in [0.05, 0.1) is 16.3 Å². The van der Waals surface area contributed by atoms with Gasteiger partial charge in [-0.25, -0.2) is 0 Å². The van der Waals surface area contributed by atoms with E-state index in [1.807, 2.05) is 6.20 Å². The number of nitrogens with one attached hydrogen (secondary N) is 1. The van der Waals surface area contributed by atoms with Crippen LogP contribution in [0.4, 0.5) is 5.69 Å². The molecular weight excluding hydrogens is 284 g/mol. The van der Waals surface area contributed by atoms with Crippen LogP contribution in [-0.2, 0) is 0 Å². The molecule has 1 unspecified atom stereocenters. The van der Waals surface area contributed by atoms with E-state index in [0.717, 1.165) is 11.2 Å². The van der Waals surface area contributed by atoms with E-state index in [1.165, 1.54) is 15.2 Å². The van der Waals surface area contributed by atoms with E-state index in [0.29, 0.717) is 0 Å². The van der Waals surface area contributed by atoms with Gasteiger partial charge in [0.15, 0.2) is 0 Å². The van der Waals surface area contributed by atoms with E-state index in [9.17, 15) is 0 Å². The van der Waals surface area contributed by atoms with Crippen molar-refractivity contribution in [1.29, 1.82) is 0 Å². The summed E-state index contributed by atoms with van der Waals surface area (Å²) in [6.45, 7) is 2.17. The lowest BCUT2D eigenvalue weighted by Crippen LogP contribution is -2.06. The third-order valence-electron chi connectivity index (χ3n) is 3.30. The molecule has 2 aromatic heterocycles. The molecule has 3 rings (SSSR count). The predicted octanol–water partition coefficient (Wildman–Crippen LogP) is 5.19. The monoisotopic (exact) mass is 300 g/mol. The Morgan fingerprint density at radius 3 is 2.75 bits per heavy atom. The molecule has 0 aliphatic carbocycles. The van der Waals surface area contributed by atoms with Crippen molar-refractivity contribution in [1.82, 2.24) is 4.98 Å². The van der Waals surface area contributed by atoms with Crippen molar-refractivity contribution in [3.8, 4) is 0 Å². The molecule has 0 radical (unpaired) electrons. The average Bonchev–Trinajstić information content (AvgIpc) is 2.95. The molecule has 0 saturated carbocycles. The predicted molar refractivity (Wildman–Crippen MR) is 89.9 cm³/mol. The van der Waals surface area contributed by atoms with Crippen molar-refractivity contribution in [2.24, 2.45) is 0 Å². The van der Waals surface area contributed by atoms with Gasteiger partial charge in [0.1, 0.15) is 0 Å². The Balaban J connectivity index is 1.78. The SMILES string of the molecule is CSc1ccc(NC(C)c2cnc3ccsc3c2)cc1. The molecule has 4 heteroatoms. The number of nitrogens with zero attached hydrogens (tertiary/aromatic N) is 1. The van der Waals surface area contributed by atoms with Crippen molar-refractivity contribution >= 4 is 39.0 Å². The first kappa shape index (κ1) is 13.5. The number of fused-ring (bicyclic) bond motifs is 1. The topological polar surface area (TPSA) is 24.9 Å². The number of hydrogen-bond acceptors (Lipinski definition) is 4. The van der Waals surface area contributed by atoms with Crippen LogP contribution in [0.1, 0.15) is 18.5 Å². The number of pyridine rings is 1. The second kappa shape index (κ2) is 5.85. The molecule has 1 atom stereocenters. The summed E-state index contributed by atoms with van der Waals surface area (Å²) >= 11 is 3.50. The van der Waals surface area contributed by atoms with Crippen LogP contribution in [0.3, 0.4) is 0 Å². The zero-order valence-corrected chi connectivity index (χ0v) is 13.1.